The number of aromatic nitrogens is 3. The summed E-state index contributed by atoms with van der Waals surface area (Å²) in [7, 11) is 0. The molecule has 8 heteroatoms. The number of nitrogens with zero attached hydrogens (tertiary/aromatic N) is 3. The van der Waals surface area contributed by atoms with Gasteiger partial charge in [0.15, 0.2) is 0 Å². The molecule has 114 valence electrons. The monoisotopic (exact) mass is 309 g/mol. The van der Waals surface area contributed by atoms with E-state index in [-0.39, 0.29) is 5.69 Å². The number of hydrogen-bond acceptors (Lipinski definition) is 5. The van der Waals surface area contributed by atoms with Crippen LogP contribution in [-0.2, 0) is 4.79 Å². The molecule has 3 rings (SSSR count). The molecule has 2 heterocycles. The molecule has 0 fully saturated rings. The fourth-order valence-corrected chi connectivity index (χ4v) is 2.25. The van der Waals surface area contributed by atoms with Gasteiger partial charge in [-0.3, -0.25) is 25.0 Å². The minimum absolute atomic E-state index is 0.00920. The molecule has 0 aliphatic carbocycles. The SMILES string of the molecule is O=CNc1[nH]nc(-c2cccnc2)c1-c1ccc([N+](=O)[O-])cc1. The molecule has 0 saturated carbocycles. The Hall–Kier alpha value is -3.55. The lowest BCUT2D eigenvalue weighted by Crippen LogP contribution is -1.96. The number of benzene rings is 1. The van der Waals surface area contributed by atoms with E-state index in [0.717, 1.165) is 5.56 Å². The molecule has 0 bridgehead atoms. The zero-order valence-electron chi connectivity index (χ0n) is 11.8. The molecule has 0 aliphatic heterocycles. The van der Waals surface area contributed by atoms with Crippen LogP contribution in [0.1, 0.15) is 0 Å². The van der Waals surface area contributed by atoms with Gasteiger partial charge >= 0.3 is 0 Å². The van der Waals surface area contributed by atoms with Crippen LogP contribution in [0.4, 0.5) is 11.5 Å². The Bertz CT molecular complexity index is 843. The highest BCUT2D eigenvalue weighted by Crippen LogP contribution is 2.36. The number of pyridine rings is 1. The third-order valence-electron chi connectivity index (χ3n) is 3.27. The predicted molar refractivity (Wildman–Crippen MR) is 83.6 cm³/mol. The van der Waals surface area contributed by atoms with Gasteiger partial charge in [0.1, 0.15) is 11.5 Å². The van der Waals surface area contributed by atoms with Crippen LogP contribution in [0.3, 0.4) is 0 Å². The van der Waals surface area contributed by atoms with E-state index >= 15 is 0 Å². The number of rotatable bonds is 5. The minimum atomic E-state index is -0.467. The summed E-state index contributed by atoms with van der Waals surface area (Å²) in [5.41, 5.74) is 2.67. The van der Waals surface area contributed by atoms with E-state index < -0.39 is 4.92 Å². The number of hydrogen-bond donors (Lipinski definition) is 2. The van der Waals surface area contributed by atoms with Gasteiger partial charge in [-0.15, -0.1) is 0 Å². The topological polar surface area (TPSA) is 114 Å². The molecule has 2 aromatic heterocycles. The van der Waals surface area contributed by atoms with Crippen LogP contribution in [0.2, 0.25) is 0 Å². The van der Waals surface area contributed by atoms with Crippen molar-refractivity contribution in [2.24, 2.45) is 0 Å². The van der Waals surface area contributed by atoms with E-state index in [4.69, 9.17) is 0 Å². The third-order valence-corrected chi connectivity index (χ3v) is 3.27. The van der Waals surface area contributed by atoms with Crippen molar-refractivity contribution in [3.05, 3.63) is 58.9 Å². The Kier molecular flexibility index (Phi) is 3.79. The van der Waals surface area contributed by atoms with E-state index in [0.29, 0.717) is 29.0 Å². The maximum Gasteiger partial charge on any atom is 0.269 e. The summed E-state index contributed by atoms with van der Waals surface area (Å²) < 4.78 is 0. The predicted octanol–water partition coefficient (Wildman–Crippen LogP) is 2.62. The second-order valence-corrected chi connectivity index (χ2v) is 4.63. The summed E-state index contributed by atoms with van der Waals surface area (Å²) in [6.45, 7) is 0. The molecule has 0 spiro atoms. The summed E-state index contributed by atoms with van der Waals surface area (Å²) in [5.74, 6) is 0.410. The number of nitrogens with one attached hydrogen (secondary N) is 2. The highest BCUT2D eigenvalue weighted by molar-refractivity contribution is 5.92. The van der Waals surface area contributed by atoms with Gasteiger partial charge < -0.3 is 5.32 Å². The fourth-order valence-electron chi connectivity index (χ4n) is 2.25. The first kappa shape index (κ1) is 14.4. The molecule has 0 aliphatic rings. The summed E-state index contributed by atoms with van der Waals surface area (Å²) >= 11 is 0. The number of nitro benzene ring substituents is 1. The lowest BCUT2D eigenvalue weighted by atomic mass is 10.0. The van der Waals surface area contributed by atoms with Gasteiger partial charge in [-0.1, -0.05) is 0 Å². The summed E-state index contributed by atoms with van der Waals surface area (Å²) in [6, 6.07) is 9.64. The van der Waals surface area contributed by atoms with Gasteiger partial charge in [0.2, 0.25) is 6.41 Å². The van der Waals surface area contributed by atoms with Gasteiger partial charge in [-0.05, 0) is 29.8 Å². The van der Waals surface area contributed by atoms with Crippen molar-refractivity contribution in [3.8, 4) is 22.4 Å². The number of carbonyl (C=O) groups excluding carboxylic acids is 1. The quantitative estimate of drug-likeness (QED) is 0.427. The second-order valence-electron chi connectivity index (χ2n) is 4.63. The van der Waals surface area contributed by atoms with Gasteiger partial charge in [-0.2, -0.15) is 5.10 Å². The summed E-state index contributed by atoms with van der Waals surface area (Å²) in [5, 5.41) is 20.3. The number of amides is 1. The largest absolute Gasteiger partial charge is 0.313 e. The zero-order chi connectivity index (χ0) is 16.2. The maximum atomic E-state index is 10.8. The third kappa shape index (κ3) is 2.77. The van der Waals surface area contributed by atoms with Crippen molar-refractivity contribution in [2.45, 2.75) is 0 Å². The molecule has 0 radical (unpaired) electrons. The first-order valence-corrected chi connectivity index (χ1v) is 6.64. The van der Waals surface area contributed by atoms with E-state index in [9.17, 15) is 14.9 Å². The number of H-pyrrole nitrogens is 1. The van der Waals surface area contributed by atoms with Crippen LogP contribution in [0.15, 0.2) is 48.8 Å². The Morgan fingerprint density at radius 3 is 2.57 bits per heavy atom. The maximum absolute atomic E-state index is 10.8. The van der Waals surface area contributed by atoms with Gasteiger partial charge in [-0.25, -0.2) is 0 Å². The molecule has 3 aromatic rings. The fraction of sp³-hybridized carbons (Fsp3) is 0. The van der Waals surface area contributed by atoms with Crippen LogP contribution in [-0.4, -0.2) is 26.5 Å². The molecule has 0 saturated heterocycles. The van der Waals surface area contributed by atoms with Crippen LogP contribution in [0.25, 0.3) is 22.4 Å². The molecular formula is C15H11N5O3. The van der Waals surface area contributed by atoms with Crippen molar-refractivity contribution in [1.29, 1.82) is 0 Å². The summed E-state index contributed by atoms with van der Waals surface area (Å²) in [6.07, 6.45) is 3.83. The Morgan fingerprint density at radius 2 is 1.96 bits per heavy atom. The average molecular weight is 309 g/mol. The van der Waals surface area contributed by atoms with E-state index in [1.807, 2.05) is 6.07 Å². The van der Waals surface area contributed by atoms with Crippen LogP contribution in [0, 0.1) is 10.1 Å². The van der Waals surface area contributed by atoms with Crippen LogP contribution < -0.4 is 5.32 Å². The first-order valence-electron chi connectivity index (χ1n) is 6.64. The van der Waals surface area contributed by atoms with Crippen LogP contribution in [0.5, 0.6) is 0 Å². The number of aromatic amines is 1. The smallest absolute Gasteiger partial charge is 0.269 e. The standard InChI is InChI=1S/C15H11N5O3/c21-9-17-15-13(10-3-5-12(6-4-10)20(22)23)14(18-19-15)11-2-1-7-16-8-11/h1-9H,(H2,17,18,19,21). The lowest BCUT2D eigenvalue weighted by molar-refractivity contribution is -0.384. The highest BCUT2D eigenvalue weighted by Gasteiger charge is 2.17. The van der Waals surface area contributed by atoms with E-state index in [1.54, 1.807) is 30.6 Å². The average Bonchev–Trinajstić information content (AvgIpc) is 3.00. The van der Waals surface area contributed by atoms with E-state index in [2.05, 4.69) is 20.5 Å². The molecule has 23 heavy (non-hydrogen) atoms. The number of anilines is 1. The first-order chi connectivity index (χ1) is 11.2. The van der Waals surface area contributed by atoms with Gasteiger partial charge in [0, 0.05) is 30.1 Å². The van der Waals surface area contributed by atoms with Gasteiger partial charge in [0.05, 0.1) is 10.5 Å². The number of non-ortho nitro benzene ring substituents is 1. The van der Waals surface area contributed by atoms with Crippen molar-refractivity contribution < 1.29 is 9.72 Å². The molecule has 8 nitrogen and oxygen atoms in total. The van der Waals surface area contributed by atoms with Crippen molar-refractivity contribution in [2.75, 3.05) is 5.32 Å². The zero-order valence-corrected chi connectivity index (χ0v) is 11.8. The Balaban J connectivity index is 2.14. The second kappa shape index (κ2) is 6.06. The molecular weight excluding hydrogens is 298 g/mol. The normalized spacial score (nSPS) is 10.3. The molecule has 1 aromatic carbocycles. The van der Waals surface area contributed by atoms with Crippen molar-refractivity contribution in [1.82, 2.24) is 15.2 Å². The molecule has 0 unspecified atom stereocenters. The molecule has 1 amide bonds. The Labute approximate surface area is 130 Å². The number of nitro groups is 1. The van der Waals surface area contributed by atoms with Crippen LogP contribution >= 0.6 is 0 Å². The lowest BCUT2D eigenvalue weighted by Gasteiger charge is -2.05. The van der Waals surface area contributed by atoms with Crippen molar-refractivity contribution in [3.63, 3.8) is 0 Å². The molecule has 0 atom stereocenters. The molecule has 2 N–H and O–H groups in total. The van der Waals surface area contributed by atoms with Gasteiger partial charge in [0.25, 0.3) is 5.69 Å². The Morgan fingerprint density at radius 1 is 1.17 bits per heavy atom. The van der Waals surface area contributed by atoms with Crippen molar-refractivity contribution >= 4 is 17.9 Å². The van der Waals surface area contributed by atoms with E-state index in [1.165, 1.54) is 12.1 Å². The highest BCUT2D eigenvalue weighted by atomic mass is 16.6. The minimum Gasteiger partial charge on any atom is -0.313 e. The summed E-state index contributed by atoms with van der Waals surface area (Å²) in [4.78, 5) is 25.2. The number of carbonyl (C=O) groups is 1.